The Labute approximate surface area is 334 Å². The molecule has 16 nitrogen and oxygen atoms in total. The van der Waals surface area contributed by atoms with Crippen LogP contribution in [0.1, 0.15) is 56.1 Å². The van der Waals surface area contributed by atoms with E-state index in [0.29, 0.717) is 66.8 Å². The van der Waals surface area contributed by atoms with Crippen LogP contribution >= 0.6 is 0 Å². The molecule has 2 aliphatic carbocycles. The monoisotopic (exact) mass is 789 g/mol. The molecule has 0 unspecified atom stereocenters. The fourth-order valence-electron chi connectivity index (χ4n) is 10.2. The quantitative estimate of drug-likeness (QED) is 0.143. The van der Waals surface area contributed by atoms with Gasteiger partial charge in [0.1, 0.15) is 23.2 Å². The minimum Gasteiger partial charge on any atom is -0.504 e. The second-order valence-corrected chi connectivity index (χ2v) is 16.3. The first-order valence-electron chi connectivity index (χ1n) is 20.9. The molecule has 5 atom stereocenters. The van der Waals surface area contributed by atoms with Crippen LogP contribution in [0.4, 0.5) is 23.5 Å². The van der Waals surface area contributed by atoms with E-state index >= 15 is 0 Å². The van der Waals surface area contributed by atoms with E-state index in [2.05, 4.69) is 27.8 Å². The van der Waals surface area contributed by atoms with Crippen molar-refractivity contribution in [3.63, 3.8) is 0 Å². The second kappa shape index (κ2) is 17.0. The molecule has 1 spiro atoms. The number of phenols is 1. The zero-order valence-electron chi connectivity index (χ0n) is 33.1. The van der Waals surface area contributed by atoms with Crippen molar-refractivity contribution in [2.45, 2.75) is 75.0 Å². The van der Waals surface area contributed by atoms with Crippen LogP contribution in [0, 0.1) is 5.92 Å². The summed E-state index contributed by atoms with van der Waals surface area (Å²) in [6, 6.07) is 4.23. The van der Waals surface area contributed by atoms with Crippen molar-refractivity contribution < 1.29 is 35.4 Å². The molecule has 0 radical (unpaired) electrons. The smallest absolute Gasteiger partial charge is 0.228 e. The molecule has 6 heterocycles. The largest absolute Gasteiger partial charge is 0.504 e. The lowest BCUT2D eigenvalue weighted by Gasteiger charge is -2.56. The molecule has 16 heteroatoms. The van der Waals surface area contributed by atoms with Crippen LogP contribution in [0.2, 0.25) is 0 Å². The molecule has 57 heavy (non-hydrogen) atoms. The van der Waals surface area contributed by atoms with Crippen molar-refractivity contribution in [3.8, 4) is 11.5 Å². The number of aromatic nitrogens is 4. The molecule has 0 amide bonds. The van der Waals surface area contributed by atoms with Gasteiger partial charge in [-0.25, -0.2) is 9.97 Å². The number of aliphatic hydroxyl groups excluding tert-OH is 5. The molecule has 6 aliphatic rings. The highest BCUT2D eigenvalue weighted by Crippen LogP contribution is 2.62. The maximum Gasteiger partial charge on any atom is 0.228 e. The Morgan fingerprint density at radius 2 is 1.25 bits per heavy atom. The first kappa shape index (κ1) is 39.8. The highest BCUT2D eigenvalue weighted by atomic mass is 16.5. The van der Waals surface area contributed by atoms with E-state index in [0.717, 1.165) is 82.9 Å². The summed E-state index contributed by atoms with van der Waals surface area (Å²) in [5.74, 6) is 3.54. The van der Waals surface area contributed by atoms with Crippen molar-refractivity contribution >= 4 is 34.6 Å². The fraction of sp³-hybridized carbons (Fsp3) is 0.659. The van der Waals surface area contributed by atoms with Gasteiger partial charge in [0.05, 0.1) is 26.4 Å². The van der Waals surface area contributed by atoms with Crippen LogP contribution < -0.4 is 24.3 Å². The molecular weight excluding hydrogens is 731 g/mol. The van der Waals surface area contributed by atoms with Gasteiger partial charge in [0.25, 0.3) is 0 Å². The van der Waals surface area contributed by atoms with Gasteiger partial charge in [-0.05, 0) is 76.6 Å². The third-order valence-electron chi connectivity index (χ3n) is 13.0. The number of aliphatic hydroxyl groups is 5. The van der Waals surface area contributed by atoms with Gasteiger partial charge in [-0.3, -0.25) is 0 Å². The number of ether oxygens (including phenoxy) is 1. The zero-order chi connectivity index (χ0) is 39.7. The van der Waals surface area contributed by atoms with Crippen LogP contribution in [-0.4, -0.2) is 166 Å². The van der Waals surface area contributed by atoms with Crippen molar-refractivity contribution in [2.24, 2.45) is 5.92 Å². The van der Waals surface area contributed by atoms with E-state index < -0.39 is 6.10 Å². The number of piperidine rings is 3. The number of hydrogen-bond acceptors (Lipinski definition) is 16. The standard InChI is InChI=1S/C24H40N8O4.C17H19NO3/c33-15-11-31(12-16-34)23-26-20-19(21(27-23)29-7-3-1-4-8-29)25-24(32(13-17-35)14-18-36)28-22(20)30-9-5-2-6-10-30;1-18-7-6-17-10-3-5-13(20)16(17)21-15-12(19)4-2-9(14(15)17)8-11(10)18/h33-36H,1-18H2;2-5,10-11,13,16,19-20H,6-8H2,1H3/t;10-,11+,13-,16-,17-/m.0/s1. The van der Waals surface area contributed by atoms with Crippen LogP contribution in [0.5, 0.6) is 11.5 Å². The Morgan fingerprint density at radius 1 is 0.719 bits per heavy atom. The van der Waals surface area contributed by atoms with E-state index in [4.69, 9.17) is 24.7 Å². The molecule has 2 aromatic heterocycles. The lowest BCUT2D eigenvalue weighted by Crippen LogP contribution is -2.64. The number of likely N-dealkylation sites (tertiary alicyclic amines) is 1. The number of benzene rings is 1. The first-order valence-corrected chi connectivity index (χ1v) is 20.9. The average Bonchev–Trinajstić information content (AvgIpc) is 3.60. The number of nitrogens with zero attached hydrogens (tertiary/aromatic N) is 9. The minimum atomic E-state index is -0.594. The predicted octanol–water partition coefficient (Wildman–Crippen LogP) is 1.18. The molecule has 1 aromatic carbocycles. The van der Waals surface area contributed by atoms with Gasteiger partial charge in [0.15, 0.2) is 23.1 Å². The van der Waals surface area contributed by atoms with Gasteiger partial charge in [0, 0.05) is 75.3 Å². The number of likely N-dealkylation sites (N-methyl/N-ethyl adjacent to an activating group) is 1. The Kier molecular flexibility index (Phi) is 11.9. The minimum absolute atomic E-state index is 0.0772. The van der Waals surface area contributed by atoms with Crippen LogP contribution in [0.25, 0.3) is 11.0 Å². The van der Waals surface area contributed by atoms with E-state index in [-0.39, 0.29) is 43.7 Å². The van der Waals surface area contributed by atoms with Crippen molar-refractivity contribution in [3.05, 3.63) is 35.4 Å². The molecule has 4 aliphatic heterocycles. The Bertz CT molecular complexity index is 1820. The number of rotatable bonds is 12. The summed E-state index contributed by atoms with van der Waals surface area (Å²) in [4.78, 5) is 30.2. The van der Waals surface area contributed by atoms with Crippen LogP contribution in [-0.2, 0) is 11.8 Å². The topological polar surface area (TPSA) is 198 Å². The third kappa shape index (κ3) is 7.22. The molecule has 3 aromatic rings. The van der Waals surface area contributed by atoms with Crippen molar-refractivity contribution in [1.82, 2.24) is 24.8 Å². The molecule has 3 fully saturated rings. The summed E-state index contributed by atoms with van der Waals surface area (Å²) < 4.78 is 6.09. The highest BCUT2D eigenvalue weighted by molar-refractivity contribution is 5.95. The summed E-state index contributed by atoms with van der Waals surface area (Å²) in [7, 11) is 2.19. The molecule has 0 saturated carbocycles. The zero-order valence-corrected chi connectivity index (χ0v) is 33.1. The lowest BCUT2D eigenvalue weighted by atomic mass is 9.53. The fourth-order valence-corrected chi connectivity index (χ4v) is 10.2. The predicted molar refractivity (Wildman–Crippen MR) is 218 cm³/mol. The highest BCUT2D eigenvalue weighted by Gasteiger charge is 2.64. The maximum absolute atomic E-state index is 10.4. The van der Waals surface area contributed by atoms with Crippen LogP contribution in [0.15, 0.2) is 24.3 Å². The van der Waals surface area contributed by atoms with E-state index in [1.165, 1.54) is 24.0 Å². The van der Waals surface area contributed by atoms with Crippen molar-refractivity contribution in [1.29, 1.82) is 0 Å². The Hall–Kier alpha value is -4.06. The number of anilines is 4. The van der Waals surface area contributed by atoms with Gasteiger partial charge in [0.2, 0.25) is 11.9 Å². The number of aromatic hydroxyl groups is 1. The lowest BCUT2D eigenvalue weighted by molar-refractivity contribution is -0.0453. The first-order chi connectivity index (χ1) is 27.8. The number of hydrogen-bond donors (Lipinski definition) is 6. The molecule has 3 saturated heterocycles. The van der Waals surface area contributed by atoms with Crippen molar-refractivity contribution in [2.75, 3.05) is 112 Å². The van der Waals surface area contributed by atoms with Gasteiger partial charge in [-0.15, -0.1) is 0 Å². The maximum atomic E-state index is 10.4. The molecule has 2 bridgehead atoms. The van der Waals surface area contributed by atoms with Gasteiger partial charge in [-0.2, -0.15) is 9.97 Å². The second-order valence-electron chi connectivity index (χ2n) is 16.3. The summed E-state index contributed by atoms with van der Waals surface area (Å²) in [6.45, 7) is 5.39. The summed E-state index contributed by atoms with van der Waals surface area (Å²) in [5, 5.41) is 59.2. The SMILES string of the molecule is CN1CC[C@]23c4c5ccc(O)c4O[C@H]2[C@@H](O)C=C[C@H]3[C@H]1C5.OCCN(CCO)c1nc(N2CCCCC2)c2nc(N(CCO)CCO)nc(N3CCCCC3)c2n1. The van der Waals surface area contributed by atoms with Gasteiger partial charge >= 0.3 is 0 Å². The van der Waals surface area contributed by atoms with Crippen LogP contribution in [0.3, 0.4) is 0 Å². The summed E-state index contributed by atoms with van der Waals surface area (Å²) >= 11 is 0. The third-order valence-corrected chi connectivity index (χ3v) is 13.0. The number of fused-ring (bicyclic) bond motifs is 1. The van der Waals surface area contributed by atoms with Gasteiger partial charge in [-0.1, -0.05) is 18.2 Å². The average molecular weight is 790 g/mol. The molecule has 9 rings (SSSR count). The summed E-state index contributed by atoms with van der Waals surface area (Å²) in [6.07, 6.45) is 11.8. The molecular formula is C41H59N9O7. The Balaban J connectivity index is 0.000000181. The van der Waals surface area contributed by atoms with E-state index in [9.17, 15) is 30.6 Å². The number of phenolic OH excluding ortho intramolecular Hbond substituents is 1. The van der Waals surface area contributed by atoms with E-state index in [1.54, 1.807) is 15.9 Å². The summed E-state index contributed by atoms with van der Waals surface area (Å²) in [5.41, 5.74) is 3.60. The van der Waals surface area contributed by atoms with E-state index in [1.807, 2.05) is 12.1 Å². The van der Waals surface area contributed by atoms with Gasteiger partial charge < -0.3 is 59.9 Å². The Morgan fingerprint density at radius 3 is 1.75 bits per heavy atom. The molecule has 6 N–H and O–H groups in total. The molecule has 310 valence electrons. The normalized spacial score (nSPS) is 26.1.